The van der Waals surface area contributed by atoms with Crippen LogP contribution >= 0.6 is 0 Å². The van der Waals surface area contributed by atoms with Crippen LogP contribution in [0.25, 0.3) is 0 Å². The molecule has 0 unspecified atom stereocenters. The number of carbonyl (C=O) groups is 2. The van der Waals surface area contributed by atoms with Crippen LogP contribution in [-0.4, -0.2) is 25.5 Å². The van der Waals surface area contributed by atoms with Crippen molar-refractivity contribution in [3.05, 3.63) is 35.1 Å². The van der Waals surface area contributed by atoms with Crippen molar-refractivity contribution in [1.82, 2.24) is 5.32 Å². The van der Waals surface area contributed by atoms with E-state index in [1.165, 1.54) is 0 Å². The van der Waals surface area contributed by atoms with Gasteiger partial charge in [-0.2, -0.15) is 13.2 Å². The molecule has 0 saturated carbocycles. The van der Waals surface area contributed by atoms with Crippen molar-refractivity contribution in [2.45, 2.75) is 18.6 Å². The van der Waals surface area contributed by atoms with Crippen molar-refractivity contribution in [2.75, 3.05) is 13.7 Å². The van der Waals surface area contributed by atoms with E-state index in [0.717, 1.165) is 19.2 Å². The lowest BCUT2D eigenvalue weighted by Gasteiger charge is -2.20. The van der Waals surface area contributed by atoms with E-state index in [1.807, 2.05) is 0 Å². The number of ether oxygens (including phenoxy) is 1. The molecule has 0 aliphatic carbocycles. The van der Waals surface area contributed by atoms with E-state index in [2.05, 4.69) is 10.1 Å². The highest BCUT2D eigenvalue weighted by atomic mass is 19.4. The van der Waals surface area contributed by atoms with Gasteiger partial charge in [-0.15, -0.1) is 0 Å². The number of benzene rings is 1. The van der Waals surface area contributed by atoms with Crippen molar-refractivity contribution >= 4 is 11.9 Å². The summed E-state index contributed by atoms with van der Waals surface area (Å²) in [5.41, 5.74) is 3.14. The van der Waals surface area contributed by atoms with E-state index < -0.39 is 54.0 Å². The average molecular weight is 322 g/mol. The Morgan fingerprint density at radius 3 is 2.50 bits per heavy atom. The predicted molar refractivity (Wildman–Crippen MR) is 68.0 cm³/mol. The zero-order valence-corrected chi connectivity index (χ0v) is 11.5. The number of hydrogen-bond acceptors (Lipinski definition) is 4. The fraction of sp³-hybridized carbons (Fsp3) is 0.385. The maximum atomic E-state index is 14.1. The number of nitrogens with two attached hydrogens (primary N) is 1. The Balaban J connectivity index is 3.24. The fourth-order valence-corrected chi connectivity index (χ4v) is 1.78. The van der Waals surface area contributed by atoms with Crippen LogP contribution in [-0.2, 0) is 20.5 Å². The molecule has 0 saturated heterocycles. The van der Waals surface area contributed by atoms with Gasteiger partial charge in [-0.3, -0.25) is 9.59 Å². The monoisotopic (exact) mass is 322 g/mol. The summed E-state index contributed by atoms with van der Waals surface area (Å²) in [6.07, 6.45) is -5.42. The number of methoxy groups -OCH3 is 1. The Morgan fingerprint density at radius 1 is 1.36 bits per heavy atom. The average Bonchev–Trinajstić information content (AvgIpc) is 2.45. The molecular weight excluding hydrogens is 308 g/mol. The summed E-state index contributed by atoms with van der Waals surface area (Å²) in [5, 5.41) is 2.20. The van der Waals surface area contributed by atoms with Crippen molar-refractivity contribution in [3.63, 3.8) is 0 Å². The minimum Gasteiger partial charge on any atom is -0.469 e. The molecule has 1 rings (SSSR count). The maximum absolute atomic E-state index is 14.1. The molecule has 0 aromatic heterocycles. The van der Waals surface area contributed by atoms with Gasteiger partial charge in [0.1, 0.15) is 5.82 Å². The molecule has 3 N–H and O–H groups in total. The first-order chi connectivity index (χ1) is 10.2. The molecule has 5 nitrogen and oxygen atoms in total. The second-order valence-electron chi connectivity index (χ2n) is 4.31. The third-order valence-electron chi connectivity index (χ3n) is 2.83. The summed E-state index contributed by atoms with van der Waals surface area (Å²) in [7, 11) is 1.06. The second-order valence-corrected chi connectivity index (χ2v) is 4.31. The first kappa shape index (κ1) is 17.9. The van der Waals surface area contributed by atoms with Crippen molar-refractivity contribution < 1.29 is 31.9 Å². The maximum Gasteiger partial charge on any atom is 0.419 e. The Kier molecular flexibility index (Phi) is 5.86. The van der Waals surface area contributed by atoms with Crippen LogP contribution in [0.5, 0.6) is 0 Å². The van der Waals surface area contributed by atoms with Crippen molar-refractivity contribution in [3.8, 4) is 0 Å². The summed E-state index contributed by atoms with van der Waals surface area (Å²) in [5.74, 6) is -3.12. The number of alkyl halides is 3. The van der Waals surface area contributed by atoms with E-state index in [0.29, 0.717) is 6.07 Å². The van der Waals surface area contributed by atoms with Gasteiger partial charge in [0.15, 0.2) is 0 Å². The molecule has 1 amide bonds. The van der Waals surface area contributed by atoms with E-state index >= 15 is 0 Å². The fourth-order valence-electron chi connectivity index (χ4n) is 1.78. The van der Waals surface area contributed by atoms with Crippen LogP contribution in [0.15, 0.2) is 18.2 Å². The molecule has 0 radical (unpaired) electrons. The molecular formula is C13H14F4N2O3. The highest BCUT2D eigenvalue weighted by molar-refractivity contribution is 5.79. The standard InChI is InChI=1S/C13H14F4N2O3/c1-22-11(21)5-9(19-10(20)6-18)7-3-2-4-8(12(7)14)13(15,16)17/h2-4,9H,5-6,18H2,1H3,(H,19,20)/t9-/m0/s1. The minimum atomic E-state index is -4.90. The van der Waals surface area contributed by atoms with Crippen LogP contribution in [0.4, 0.5) is 17.6 Å². The first-order valence-electron chi connectivity index (χ1n) is 6.12. The Morgan fingerprint density at radius 2 is 2.00 bits per heavy atom. The Hall–Kier alpha value is -2.16. The summed E-state index contributed by atoms with van der Waals surface area (Å²) in [4.78, 5) is 22.6. The van der Waals surface area contributed by atoms with Gasteiger partial charge in [0.2, 0.25) is 5.91 Å². The molecule has 1 aromatic rings. The van der Waals surface area contributed by atoms with Gasteiger partial charge in [0.05, 0.1) is 31.7 Å². The quantitative estimate of drug-likeness (QED) is 0.636. The molecule has 122 valence electrons. The number of halogens is 4. The van der Waals surface area contributed by atoms with Crippen LogP contribution in [0, 0.1) is 5.82 Å². The van der Waals surface area contributed by atoms with E-state index in [1.54, 1.807) is 0 Å². The molecule has 0 bridgehead atoms. The summed E-state index contributed by atoms with van der Waals surface area (Å²) in [6.45, 7) is -0.460. The Labute approximate surface area is 123 Å². The van der Waals surface area contributed by atoms with Crippen LogP contribution in [0.2, 0.25) is 0 Å². The van der Waals surface area contributed by atoms with Gasteiger partial charge in [0.25, 0.3) is 0 Å². The van der Waals surface area contributed by atoms with Gasteiger partial charge in [-0.25, -0.2) is 4.39 Å². The number of carbonyl (C=O) groups excluding carboxylic acids is 2. The highest BCUT2D eigenvalue weighted by Gasteiger charge is 2.36. The number of nitrogens with one attached hydrogen (secondary N) is 1. The molecule has 0 aliphatic rings. The lowest BCUT2D eigenvalue weighted by Crippen LogP contribution is -2.35. The molecule has 0 heterocycles. The molecule has 22 heavy (non-hydrogen) atoms. The predicted octanol–water partition coefficient (Wildman–Crippen LogP) is 1.52. The zero-order chi connectivity index (χ0) is 16.9. The van der Waals surface area contributed by atoms with E-state index in [4.69, 9.17) is 5.73 Å². The molecule has 0 aliphatic heterocycles. The molecule has 1 atom stereocenters. The third kappa shape index (κ3) is 4.42. The lowest BCUT2D eigenvalue weighted by atomic mass is 9.99. The normalized spacial score (nSPS) is 12.6. The number of amides is 1. The lowest BCUT2D eigenvalue weighted by molar-refractivity contribution is -0.141. The van der Waals surface area contributed by atoms with Gasteiger partial charge in [-0.05, 0) is 6.07 Å². The number of esters is 1. The van der Waals surface area contributed by atoms with Crippen molar-refractivity contribution in [2.24, 2.45) is 5.73 Å². The molecule has 0 fully saturated rings. The minimum absolute atomic E-state index is 0.460. The molecule has 1 aromatic carbocycles. The molecule has 0 spiro atoms. The first-order valence-corrected chi connectivity index (χ1v) is 6.12. The smallest absolute Gasteiger partial charge is 0.419 e. The van der Waals surface area contributed by atoms with Crippen LogP contribution in [0.3, 0.4) is 0 Å². The molecule has 9 heteroatoms. The number of rotatable bonds is 5. The Bertz CT molecular complexity index is 543. The third-order valence-corrected chi connectivity index (χ3v) is 2.83. The largest absolute Gasteiger partial charge is 0.469 e. The summed E-state index contributed by atoms with van der Waals surface area (Å²) >= 11 is 0. The zero-order valence-electron chi connectivity index (χ0n) is 11.5. The van der Waals surface area contributed by atoms with Crippen LogP contribution < -0.4 is 11.1 Å². The van der Waals surface area contributed by atoms with Crippen LogP contribution in [0.1, 0.15) is 23.6 Å². The summed E-state index contributed by atoms with van der Waals surface area (Å²) < 4.78 is 56.6. The van der Waals surface area contributed by atoms with Gasteiger partial charge in [0, 0.05) is 5.56 Å². The second kappa shape index (κ2) is 7.21. The topological polar surface area (TPSA) is 81.4 Å². The summed E-state index contributed by atoms with van der Waals surface area (Å²) in [6, 6.07) is 1.29. The van der Waals surface area contributed by atoms with Gasteiger partial charge >= 0.3 is 12.1 Å². The van der Waals surface area contributed by atoms with Gasteiger partial charge < -0.3 is 15.8 Å². The number of hydrogen-bond donors (Lipinski definition) is 2. The van der Waals surface area contributed by atoms with E-state index in [9.17, 15) is 27.2 Å². The highest BCUT2D eigenvalue weighted by Crippen LogP contribution is 2.34. The van der Waals surface area contributed by atoms with Crippen molar-refractivity contribution in [1.29, 1.82) is 0 Å². The van der Waals surface area contributed by atoms with Gasteiger partial charge in [-0.1, -0.05) is 12.1 Å². The SMILES string of the molecule is COC(=O)C[C@H](NC(=O)CN)c1cccc(C(F)(F)F)c1F. The van der Waals surface area contributed by atoms with E-state index in [-0.39, 0.29) is 0 Å².